The molecule has 3 aromatic carbocycles. The summed E-state index contributed by atoms with van der Waals surface area (Å²) >= 11 is 0. The number of nitrogens with zero attached hydrogens (tertiary/aromatic N) is 1. The van der Waals surface area contributed by atoms with Gasteiger partial charge in [0.2, 0.25) is 0 Å². The Balaban J connectivity index is 1.69. The van der Waals surface area contributed by atoms with Crippen LogP contribution in [0.25, 0.3) is 22.3 Å². The zero-order chi connectivity index (χ0) is 19.5. The van der Waals surface area contributed by atoms with E-state index in [2.05, 4.69) is 0 Å². The van der Waals surface area contributed by atoms with E-state index in [-0.39, 0.29) is 16.9 Å². The van der Waals surface area contributed by atoms with Gasteiger partial charge >= 0.3 is 0 Å². The Labute approximate surface area is 159 Å². The molecule has 0 spiro atoms. The summed E-state index contributed by atoms with van der Waals surface area (Å²) in [6, 6.07) is 22.1. The number of non-ortho nitro benzene ring substituents is 1. The Morgan fingerprint density at radius 1 is 0.929 bits per heavy atom. The molecule has 0 fully saturated rings. The van der Waals surface area contributed by atoms with Crippen molar-refractivity contribution < 1.29 is 14.1 Å². The third kappa shape index (κ3) is 3.61. The number of ether oxygens (including phenoxy) is 1. The van der Waals surface area contributed by atoms with Crippen molar-refractivity contribution in [3.05, 3.63) is 105 Å². The molecule has 0 aliphatic rings. The second-order valence-corrected chi connectivity index (χ2v) is 6.21. The van der Waals surface area contributed by atoms with Crippen LogP contribution in [0, 0.1) is 10.1 Å². The molecule has 6 heteroatoms. The molecule has 0 N–H and O–H groups in total. The van der Waals surface area contributed by atoms with E-state index in [0.29, 0.717) is 28.9 Å². The van der Waals surface area contributed by atoms with Crippen LogP contribution in [0.1, 0.15) is 5.56 Å². The van der Waals surface area contributed by atoms with Crippen LogP contribution in [0.5, 0.6) is 5.75 Å². The number of benzene rings is 3. The lowest BCUT2D eigenvalue weighted by molar-refractivity contribution is -0.384. The molecule has 0 amide bonds. The van der Waals surface area contributed by atoms with Gasteiger partial charge in [0, 0.05) is 29.8 Å². The minimum absolute atomic E-state index is 0.0693. The predicted molar refractivity (Wildman–Crippen MR) is 105 cm³/mol. The number of nitro groups is 1. The normalized spacial score (nSPS) is 10.7. The third-order valence-electron chi connectivity index (χ3n) is 4.29. The Hall–Kier alpha value is -3.93. The van der Waals surface area contributed by atoms with Gasteiger partial charge in [-0.05, 0) is 17.7 Å². The lowest BCUT2D eigenvalue weighted by Crippen LogP contribution is -2.01. The highest BCUT2D eigenvalue weighted by molar-refractivity contribution is 5.80. The Kier molecular flexibility index (Phi) is 4.60. The van der Waals surface area contributed by atoms with Crippen LogP contribution >= 0.6 is 0 Å². The topological polar surface area (TPSA) is 82.6 Å². The average molecular weight is 373 g/mol. The van der Waals surface area contributed by atoms with Gasteiger partial charge in [-0.3, -0.25) is 14.9 Å². The Morgan fingerprint density at radius 3 is 2.54 bits per heavy atom. The van der Waals surface area contributed by atoms with Crippen molar-refractivity contribution in [2.45, 2.75) is 6.61 Å². The summed E-state index contributed by atoms with van der Waals surface area (Å²) in [4.78, 5) is 23.0. The molecular formula is C22H15NO5. The Morgan fingerprint density at radius 2 is 1.75 bits per heavy atom. The van der Waals surface area contributed by atoms with E-state index >= 15 is 0 Å². The summed E-state index contributed by atoms with van der Waals surface area (Å²) in [6.45, 7) is 0.390. The molecule has 0 atom stereocenters. The van der Waals surface area contributed by atoms with Gasteiger partial charge in [0.15, 0.2) is 5.43 Å². The van der Waals surface area contributed by atoms with Crippen molar-refractivity contribution >= 4 is 16.7 Å². The van der Waals surface area contributed by atoms with Crippen molar-refractivity contribution in [3.63, 3.8) is 0 Å². The third-order valence-corrected chi connectivity index (χ3v) is 4.29. The lowest BCUT2D eigenvalue weighted by Gasteiger charge is -2.08. The van der Waals surface area contributed by atoms with E-state index in [0.717, 1.165) is 5.56 Å². The maximum atomic E-state index is 12.4. The van der Waals surface area contributed by atoms with Crippen LogP contribution in [0.15, 0.2) is 88.1 Å². The molecule has 0 saturated carbocycles. The predicted octanol–water partition coefficient (Wildman–Crippen LogP) is 4.95. The summed E-state index contributed by atoms with van der Waals surface area (Å²) in [5.41, 5.74) is 1.55. The first kappa shape index (κ1) is 17.5. The highest BCUT2D eigenvalue weighted by Gasteiger charge is 2.12. The second-order valence-electron chi connectivity index (χ2n) is 6.21. The van der Waals surface area contributed by atoms with E-state index < -0.39 is 4.92 Å². The van der Waals surface area contributed by atoms with Gasteiger partial charge < -0.3 is 9.15 Å². The van der Waals surface area contributed by atoms with Crippen LogP contribution < -0.4 is 10.2 Å². The quantitative estimate of drug-likeness (QED) is 0.365. The van der Waals surface area contributed by atoms with E-state index in [4.69, 9.17) is 9.15 Å². The van der Waals surface area contributed by atoms with Gasteiger partial charge in [-0.2, -0.15) is 0 Å². The summed E-state index contributed by atoms with van der Waals surface area (Å²) in [5.74, 6) is 0.831. The molecule has 1 heterocycles. The smallest absolute Gasteiger partial charge is 0.270 e. The van der Waals surface area contributed by atoms with E-state index in [1.807, 2.05) is 30.3 Å². The fraction of sp³-hybridized carbons (Fsp3) is 0.0455. The first-order valence-electron chi connectivity index (χ1n) is 8.59. The molecule has 138 valence electrons. The zero-order valence-electron chi connectivity index (χ0n) is 14.7. The minimum atomic E-state index is -0.488. The summed E-state index contributed by atoms with van der Waals surface area (Å²) < 4.78 is 11.6. The van der Waals surface area contributed by atoms with Gasteiger partial charge in [0.05, 0.1) is 10.3 Å². The SMILES string of the molecule is O=c1cc(-c2cccc([N+](=O)[O-])c2)oc2cc(OCc3ccccc3)ccc12. The number of nitro benzene ring substituents is 1. The van der Waals surface area contributed by atoms with Crippen molar-refractivity contribution in [3.8, 4) is 17.1 Å². The van der Waals surface area contributed by atoms with Crippen LogP contribution in [0.2, 0.25) is 0 Å². The molecule has 0 saturated heterocycles. The molecule has 0 aliphatic heterocycles. The van der Waals surface area contributed by atoms with Gasteiger partial charge in [-0.1, -0.05) is 42.5 Å². The largest absolute Gasteiger partial charge is 0.489 e. The van der Waals surface area contributed by atoms with E-state index in [1.54, 1.807) is 30.3 Å². The van der Waals surface area contributed by atoms with Crippen LogP contribution in [0.4, 0.5) is 5.69 Å². The molecule has 28 heavy (non-hydrogen) atoms. The van der Waals surface area contributed by atoms with Crippen molar-refractivity contribution in [2.75, 3.05) is 0 Å². The average Bonchev–Trinajstić information content (AvgIpc) is 2.73. The molecular weight excluding hydrogens is 358 g/mol. The maximum Gasteiger partial charge on any atom is 0.270 e. The second kappa shape index (κ2) is 7.36. The summed E-state index contributed by atoms with van der Waals surface area (Å²) in [6.07, 6.45) is 0. The van der Waals surface area contributed by atoms with E-state index in [1.165, 1.54) is 18.2 Å². The van der Waals surface area contributed by atoms with Crippen molar-refractivity contribution in [2.24, 2.45) is 0 Å². The highest BCUT2D eigenvalue weighted by atomic mass is 16.6. The van der Waals surface area contributed by atoms with Crippen LogP contribution in [-0.4, -0.2) is 4.92 Å². The fourth-order valence-electron chi connectivity index (χ4n) is 2.88. The van der Waals surface area contributed by atoms with Crippen molar-refractivity contribution in [1.29, 1.82) is 0 Å². The summed E-state index contributed by atoms with van der Waals surface area (Å²) in [7, 11) is 0. The first-order chi connectivity index (χ1) is 13.6. The van der Waals surface area contributed by atoms with Crippen LogP contribution in [-0.2, 0) is 6.61 Å². The molecule has 4 aromatic rings. The molecule has 4 rings (SSSR count). The molecule has 6 nitrogen and oxygen atoms in total. The highest BCUT2D eigenvalue weighted by Crippen LogP contribution is 2.27. The molecule has 0 bridgehead atoms. The summed E-state index contributed by atoms with van der Waals surface area (Å²) in [5, 5.41) is 11.4. The lowest BCUT2D eigenvalue weighted by atomic mass is 10.1. The number of fused-ring (bicyclic) bond motifs is 1. The van der Waals surface area contributed by atoms with Crippen molar-refractivity contribution in [1.82, 2.24) is 0 Å². The maximum absolute atomic E-state index is 12.4. The minimum Gasteiger partial charge on any atom is -0.489 e. The van der Waals surface area contributed by atoms with Gasteiger partial charge in [0.25, 0.3) is 5.69 Å². The number of hydrogen-bond acceptors (Lipinski definition) is 5. The standard InChI is InChI=1S/C22H15NO5/c24-20-13-21(16-7-4-8-17(11-16)23(25)26)28-22-12-18(9-10-19(20)22)27-14-15-5-2-1-3-6-15/h1-13H,14H2. The van der Waals surface area contributed by atoms with E-state index in [9.17, 15) is 14.9 Å². The molecule has 1 aromatic heterocycles. The molecule has 0 aliphatic carbocycles. The number of rotatable bonds is 5. The zero-order valence-corrected chi connectivity index (χ0v) is 14.7. The number of hydrogen-bond donors (Lipinski definition) is 0. The first-order valence-corrected chi connectivity index (χ1v) is 8.59. The fourth-order valence-corrected chi connectivity index (χ4v) is 2.88. The monoisotopic (exact) mass is 373 g/mol. The molecule has 0 unspecified atom stereocenters. The molecule has 0 radical (unpaired) electrons. The Bertz CT molecular complexity index is 1210. The van der Waals surface area contributed by atoms with Crippen LogP contribution in [0.3, 0.4) is 0 Å². The van der Waals surface area contributed by atoms with Gasteiger partial charge in [0.1, 0.15) is 23.7 Å². The van der Waals surface area contributed by atoms with Gasteiger partial charge in [-0.15, -0.1) is 0 Å². The van der Waals surface area contributed by atoms with Gasteiger partial charge in [-0.25, -0.2) is 0 Å².